The smallest absolute Gasteiger partial charge is 0.380 e. The first-order valence-electron chi connectivity index (χ1n) is 4.34. The molecule has 74 valence electrons. The summed E-state index contributed by atoms with van der Waals surface area (Å²) < 4.78 is 42.6. The van der Waals surface area contributed by atoms with Crippen LogP contribution in [0.4, 0.5) is 13.2 Å². The maximum absolute atomic E-state index is 12.6. The lowest BCUT2D eigenvalue weighted by Gasteiger charge is -2.48. The molecule has 13 heavy (non-hydrogen) atoms. The minimum atomic E-state index is -4.07. The van der Waals surface area contributed by atoms with Crippen molar-refractivity contribution in [1.82, 2.24) is 0 Å². The number of halogens is 3. The highest BCUT2D eigenvalue weighted by atomic mass is 19.4. The molecule has 1 fully saturated rings. The van der Waals surface area contributed by atoms with Gasteiger partial charge < -0.3 is 4.74 Å². The molecule has 1 atom stereocenters. The fourth-order valence-corrected chi connectivity index (χ4v) is 2.11. The highest BCUT2D eigenvalue weighted by molar-refractivity contribution is 5.07. The second kappa shape index (κ2) is 2.74. The summed E-state index contributed by atoms with van der Waals surface area (Å²) in [5.41, 5.74) is -0.632. The van der Waals surface area contributed by atoms with E-state index in [4.69, 9.17) is 4.74 Å². The summed E-state index contributed by atoms with van der Waals surface area (Å²) in [5.74, 6) is -1.20. The lowest BCUT2D eigenvalue weighted by Crippen LogP contribution is -2.53. The Morgan fingerprint density at radius 3 is 2.31 bits per heavy atom. The van der Waals surface area contributed by atoms with E-state index in [1.807, 2.05) is 6.08 Å². The van der Waals surface area contributed by atoms with E-state index in [-0.39, 0.29) is 19.6 Å². The predicted octanol–water partition coefficient (Wildman–Crippen LogP) is 2.53. The van der Waals surface area contributed by atoms with Gasteiger partial charge >= 0.3 is 6.18 Å². The SMILES string of the molecule is FC(F)(F)C1CC=CCC12COC2. The Kier molecular flexibility index (Phi) is 1.91. The molecule has 0 amide bonds. The number of ether oxygens (including phenoxy) is 1. The molecular formula is C9H11F3O. The first-order chi connectivity index (χ1) is 6.05. The average Bonchev–Trinajstić information content (AvgIpc) is 2.00. The zero-order valence-corrected chi connectivity index (χ0v) is 7.10. The summed E-state index contributed by atoms with van der Waals surface area (Å²) in [7, 11) is 0. The van der Waals surface area contributed by atoms with Gasteiger partial charge in [-0.3, -0.25) is 0 Å². The van der Waals surface area contributed by atoms with Crippen molar-refractivity contribution in [1.29, 1.82) is 0 Å². The van der Waals surface area contributed by atoms with Gasteiger partial charge in [0.05, 0.1) is 19.1 Å². The van der Waals surface area contributed by atoms with Crippen LogP contribution >= 0.6 is 0 Å². The van der Waals surface area contributed by atoms with E-state index in [1.165, 1.54) is 0 Å². The van der Waals surface area contributed by atoms with Gasteiger partial charge in [-0.05, 0) is 12.8 Å². The zero-order valence-electron chi connectivity index (χ0n) is 7.10. The van der Waals surface area contributed by atoms with Crippen LogP contribution in [0.5, 0.6) is 0 Å². The minimum absolute atomic E-state index is 0.118. The quantitative estimate of drug-likeness (QED) is 0.536. The molecule has 1 spiro atoms. The Morgan fingerprint density at radius 2 is 1.92 bits per heavy atom. The van der Waals surface area contributed by atoms with E-state index >= 15 is 0 Å². The summed E-state index contributed by atoms with van der Waals surface area (Å²) >= 11 is 0. The van der Waals surface area contributed by atoms with Crippen LogP contribution in [0.1, 0.15) is 12.8 Å². The van der Waals surface area contributed by atoms with E-state index in [2.05, 4.69) is 0 Å². The monoisotopic (exact) mass is 192 g/mol. The fourth-order valence-electron chi connectivity index (χ4n) is 2.11. The molecule has 2 aliphatic rings. The van der Waals surface area contributed by atoms with Crippen molar-refractivity contribution in [3.05, 3.63) is 12.2 Å². The molecule has 1 aliphatic heterocycles. The van der Waals surface area contributed by atoms with Gasteiger partial charge in [0.15, 0.2) is 0 Å². The summed E-state index contributed by atoms with van der Waals surface area (Å²) in [4.78, 5) is 0. The van der Waals surface area contributed by atoms with Crippen LogP contribution in [0.3, 0.4) is 0 Å². The molecule has 0 N–H and O–H groups in total. The van der Waals surface area contributed by atoms with Gasteiger partial charge in [0.25, 0.3) is 0 Å². The third-order valence-corrected chi connectivity index (χ3v) is 2.98. The van der Waals surface area contributed by atoms with Crippen LogP contribution in [0.15, 0.2) is 12.2 Å². The van der Waals surface area contributed by atoms with Gasteiger partial charge in [0.2, 0.25) is 0 Å². The van der Waals surface area contributed by atoms with Crippen LogP contribution in [-0.2, 0) is 4.74 Å². The van der Waals surface area contributed by atoms with Crippen LogP contribution in [-0.4, -0.2) is 19.4 Å². The fraction of sp³-hybridized carbons (Fsp3) is 0.778. The van der Waals surface area contributed by atoms with Gasteiger partial charge in [0.1, 0.15) is 0 Å². The largest absolute Gasteiger partial charge is 0.392 e. The number of hydrogen-bond acceptors (Lipinski definition) is 1. The van der Waals surface area contributed by atoms with E-state index < -0.39 is 17.5 Å². The highest BCUT2D eigenvalue weighted by Gasteiger charge is 2.56. The van der Waals surface area contributed by atoms with Crippen LogP contribution in [0.25, 0.3) is 0 Å². The molecule has 4 heteroatoms. The molecule has 0 saturated carbocycles. The lowest BCUT2D eigenvalue weighted by molar-refractivity contribution is -0.258. The van der Waals surface area contributed by atoms with Crippen molar-refractivity contribution in [3.63, 3.8) is 0 Å². The van der Waals surface area contributed by atoms with Gasteiger partial charge in [-0.25, -0.2) is 0 Å². The summed E-state index contributed by atoms with van der Waals surface area (Å²) in [6.07, 6.45) is 0.0189. The highest BCUT2D eigenvalue weighted by Crippen LogP contribution is 2.51. The van der Waals surface area contributed by atoms with Crippen LogP contribution in [0, 0.1) is 11.3 Å². The molecule has 0 aromatic rings. The summed E-state index contributed by atoms with van der Waals surface area (Å²) in [6, 6.07) is 0. The van der Waals surface area contributed by atoms with Crippen molar-refractivity contribution in [2.24, 2.45) is 11.3 Å². The van der Waals surface area contributed by atoms with Crippen molar-refractivity contribution >= 4 is 0 Å². The number of rotatable bonds is 0. The van der Waals surface area contributed by atoms with Crippen LogP contribution < -0.4 is 0 Å². The van der Waals surface area contributed by atoms with Gasteiger partial charge in [-0.15, -0.1) is 0 Å². The Morgan fingerprint density at radius 1 is 1.23 bits per heavy atom. The molecule has 1 saturated heterocycles. The molecule has 0 radical (unpaired) electrons. The van der Waals surface area contributed by atoms with E-state index in [0.29, 0.717) is 6.42 Å². The normalized spacial score (nSPS) is 31.8. The van der Waals surface area contributed by atoms with Crippen molar-refractivity contribution in [2.75, 3.05) is 13.2 Å². The van der Waals surface area contributed by atoms with E-state index in [1.54, 1.807) is 6.08 Å². The Labute approximate surface area is 74.6 Å². The Hall–Kier alpha value is -0.510. The average molecular weight is 192 g/mol. The first kappa shape index (κ1) is 9.06. The molecule has 1 unspecified atom stereocenters. The summed E-state index contributed by atoms with van der Waals surface area (Å²) in [6.45, 7) is 0.531. The molecule has 0 bridgehead atoms. The van der Waals surface area contributed by atoms with Crippen molar-refractivity contribution in [3.8, 4) is 0 Å². The Balaban J connectivity index is 2.20. The molecular weight excluding hydrogens is 181 g/mol. The second-order valence-corrected chi connectivity index (χ2v) is 3.86. The van der Waals surface area contributed by atoms with E-state index in [0.717, 1.165) is 0 Å². The van der Waals surface area contributed by atoms with Crippen molar-refractivity contribution in [2.45, 2.75) is 19.0 Å². The molecule has 1 heterocycles. The number of hydrogen-bond donors (Lipinski definition) is 0. The molecule has 1 aliphatic carbocycles. The maximum atomic E-state index is 12.6. The molecule has 1 nitrogen and oxygen atoms in total. The molecule has 2 rings (SSSR count). The standard InChI is InChI=1S/C9H11F3O/c10-9(11,12)7-3-1-2-4-8(7)5-13-6-8/h1-2,7H,3-6H2. The third kappa shape index (κ3) is 1.37. The van der Waals surface area contributed by atoms with Crippen molar-refractivity contribution < 1.29 is 17.9 Å². The minimum Gasteiger partial charge on any atom is -0.380 e. The van der Waals surface area contributed by atoms with E-state index in [9.17, 15) is 13.2 Å². The maximum Gasteiger partial charge on any atom is 0.392 e. The predicted molar refractivity (Wildman–Crippen MR) is 41.2 cm³/mol. The van der Waals surface area contributed by atoms with Crippen LogP contribution in [0.2, 0.25) is 0 Å². The lowest BCUT2D eigenvalue weighted by atomic mass is 9.67. The van der Waals surface area contributed by atoms with Gasteiger partial charge in [-0.1, -0.05) is 12.2 Å². The number of alkyl halides is 3. The topological polar surface area (TPSA) is 9.23 Å². The first-order valence-corrected chi connectivity index (χ1v) is 4.34. The molecule has 0 aromatic heterocycles. The second-order valence-electron chi connectivity index (χ2n) is 3.86. The Bertz CT molecular complexity index is 228. The van der Waals surface area contributed by atoms with Gasteiger partial charge in [0, 0.05) is 5.41 Å². The number of allylic oxidation sites excluding steroid dienone is 2. The summed E-state index contributed by atoms with van der Waals surface area (Å²) in [5, 5.41) is 0. The molecule has 0 aromatic carbocycles. The zero-order chi connectivity index (χ0) is 9.53. The third-order valence-electron chi connectivity index (χ3n) is 2.98. The van der Waals surface area contributed by atoms with Gasteiger partial charge in [-0.2, -0.15) is 13.2 Å².